The van der Waals surface area contributed by atoms with Gasteiger partial charge in [0.1, 0.15) is 11.6 Å². The number of anilines is 6. The summed E-state index contributed by atoms with van der Waals surface area (Å²) in [4.78, 5) is 21.1. The van der Waals surface area contributed by atoms with Gasteiger partial charge < -0.3 is 26.0 Å². The predicted molar refractivity (Wildman–Crippen MR) is 137 cm³/mol. The molecule has 0 atom stereocenters. The Balaban J connectivity index is 1.39. The molecule has 3 aromatic carbocycles. The molecule has 1 aromatic heterocycles. The van der Waals surface area contributed by atoms with Gasteiger partial charge in [0, 0.05) is 28.8 Å². The molecule has 0 aliphatic carbocycles. The van der Waals surface area contributed by atoms with Gasteiger partial charge in [-0.1, -0.05) is 12.1 Å². The van der Waals surface area contributed by atoms with Crippen molar-refractivity contribution < 1.29 is 22.7 Å². The number of carbonyl (C=O) groups excluding carboxylic acids is 1. The highest BCUT2D eigenvalue weighted by atomic mass is 19.4. The van der Waals surface area contributed by atoms with Gasteiger partial charge in [-0.25, -0.2) is 9.78 Å². The van der Waals surface area contributed by atoms with Crippen molar-refractivity contribution in [2.24, 2.45) is 0 Å². The first-order valence-electron chi connectivity index (χ1n) is 11.1. The number of hydrogen-bond donors (Lipinski definition) is 4. The second kappa shape index (κ2) is 10.9. The maximum absolute atomic E-state index is 13.1. The Bertz CT molecular complexity index is 1380. The van der Waals surface area contributed by atoms with Gasteiger partial charge in [-0.05, 0) is 67.6 Å². The van der Waals surface area contributed by atoms with Crippen molar-refractivity contribution in [3.8, 4) is 5.75 Å². The molecule has 0 aliphatic rings. The van der Waals surface area contributed by atoms with E-state index in [1.165, 1.54) is 18.2 Å². The second-order valence-corrected chi connectivity index (χ2v) is 7.90. The number of aryl methyl sites for hydroxylation is 1. The van der Waals surface area contributed by atoms with Crippen molar-refractivity contribution in [1.82, 2.24) is 9.97 Å². The Morgan fingerprint density at radius 2 is 1.43 bits per heavy atom. The zero-order chi connectivity index (χ0) is 26.4. The number of rotatable bonds is 7. The van der Waals surface area contributed by atoms with E-state index in [2.05, 4.69) is 31.2 Å². The van der Waals surface area contributed by atoms with Crippen LogP contribution in [0.1, 0.15) is 11.3 Å². The van der Waals surface area contributed by atoms with Crippen LogP contribution in [0, 0.1) is 6.92 Å². The van der Waals surface area contributed by atoms with Gasteiger partial charge in [-0.2, -0.15) is 18.2 Å². The van der Waals surface area contributed by atoms with Gasteiger partial charge in [0.2, 0.25) is 5.95 Å². The van der Waals surface area contributed by atoms with Crippen molar-refractivity contribution in [2.75, 3.05) is 28.4 Å². The zero-order valence-electron chi connectivity index (χ0n) is 19.9. The molecular formula is C26H23F3N6O2. The van der Waals surface area contributed by atoms with E-state index in [-0.39, 0.29) is 5.69 Å². The van der Waals surface area contributed by atoms with Gasteiger partial charge in [-0.15, -0.1) is 0 Å². The number of halogens is 3. The number of methoxy groups -OCH3 is 1. The van der Waals surface area contributed by atoms with Crippen molar-refractivity contribution in [1.29, 1.82) is 0 Å². The average molecular weight is 509 g/mol. The van der Waals surface area contributed by atoms with Crippen LogP contribution in [0.5, 0.6) is 5.75 Å². The molecule has 0 saturated heterocycles. The SMILES string of the molecule is COc1ccc(Nc2cc(C)nc(Nc3ccc(NC(=O)Nc4ccccc4C(F)(F)F)cc3)n2)cc1. The predicted octanol–water partition coefficient (Wildman–Crippen LogP) is 6.94. The van der Waals surface area contributed by atoms with Crippen LogP contribution in [0.3, 0.4) is 0 Å². The minimum Gasteiger partial charge on any atom is -0.497 e. The first kappa shape index (κ1) is 25.3. The third kappa shape index (κ3) is 6.88. The van der Waals surface area contributed by atoms with Gasteiger partial charge in [0.25, 0.3) is 0 Å². The molecule has 8 nitrogen and oxygen atoms in total. The van der Waals surface area contributed by atoms with Crippen LogP contribution in [0.2, 0.25) is 0 Å². The van der Waals surface area contributed by atoms with Crippen LogP contribution in [0.4, 0.5) is 52.5 Å². The lowest BCUT2D eigenvalue weighted by Gasteiger charge is -2.14. The highest BCUT2D eigenvalue weighted by molar-refractivity contribution is 6.00. The van der Waals surface area contributed by atoms with E-state index < -0.39 is 17.8 Å². The van der Waals surface area contributed by atoms with Crippen molar-refractivity contribution in [3.05, 3.63) is 90.1 Å². The summed E-state index contributed by atoms with van der Waals surface area (Å²) in [6.45, 7) is 1.84. The Kier molecular flexibility index (Phi) is 7.42. The molecule has 11 heteroatoms. The maximum atomic E-state index is 13.1. The lowest BCUT2D eigenvalue weighted by atomic mass is 10.1. The number of hydrogen-bond acceptors (Lipinski definition) is 6. The number of carbonyl (C=O) groups is 1. The highest BCUT2D eigenvalue weighted by Gasteiger charge is 2.33. The summed E-state index contributed by atoms with van der Waals surface area (Å²) in [7, 11) is 1.60. The number of ether oxygens (including phenoxy) is 1. The van der Waals surface area contributed by atoms with Gasteiger partial charge in [-0.3, -0.25) is 0 Å². The summed E-state index contributed by atoms with van der Waals surface area (Å²) < 4.78 is 44.6. The maximum Gasteiger partial charge on any atom is 0.418 e. The minimum atomic E-state index is -4.58. The smallest absolute Gasteiger partial charge is 0.418 e. The number of nitrogens with one attached hydrogen (secondary N) is 4. The van der Waals surface area contributed by atoms with E-state index in [1.54, 1.807) is 37.4 Å². The van der Waals surface area contributed by atoms with Gasteiger partial charge in [0.15, 0.2) is 0 Å². The van der Waals surface area contributed by atoms with Crippen LogP contribution in [-0.4, -0.2) is 23.1 Å². The van der Waals surface area contributed by atoms with Crippen LogP contribution in [0.25, 0.3) is 0 Å². The number of aromatic nitrogens is 2. The molecule has 2 amide bonds. The molecule has 1 heterocycles. The Hall–Kier alpha value is -4.80. The number of urea groups is 1. The topological polar surface area (TPSA) is 100 Å². The highest BCUT2D eigenvalue weighted by Crippen LogP contribution is 2.34. The summed E-state index contributed by atoms with van der Waals surface area (Å²) in [6.07, 6.45) is -4.58. The molecule has 0 saturated carbocycles. The number of para-hydroxylation sites is 1. The molecular weight excluding hydrogens is 485 g/mol. The fourth-order valence-electron chi connectivity index (χ4n) is 3.40. The third-order valence-electron chi connectivity index (χ3n) is 5.10. The number of nitrogens with zero attached hydrogens (tertiary/aromatic N) is 2. The molecule has 0 unspecified atom stereocenters. The normalized spacial score (nSPS) is 10.9. The van der Waals surface area contributed by atoms with Crippen molar-refractivity contribution in [2.45, 2.75) is 13.1 Å². The minimum absolute atomic E-state index is 0.332. The van der Waals surface area contributed by atoms with Gasteiger partial charge in [0.05, 0.1) is 18.4 Å². The average Bonchev–Trinajstić information content (AvgIpc) is 2.85. The largest absolute Gasteiger partial charge is 0.497 e. The quantitative estimate of drug-likeness (QED) is 0.216. The van der Waals surface area contributed by atoms with E-state index >= 15 is 0 Å². The van der Waals surface area contributed by atoms with E-state index in [0.717, 1.165) is 23.2 Å². The molecule has 4 rings (SSSR count). The summed E-state index contributed by atoms with van der Waals surface area (Å²) in [5.74, 6) is 1.70. The molecule has 0 fully saturated rings. The molecule has 4 N–H and O–H groups in total. The third-order valence-corrected chi connectivity index (χ3v) is 5.10. The standard InChI is InChI=1S/C26H23F3N6O2/c1-16-15-23(31-17-11-13-20(37-2)14-12-17)35-24(30-16)32-18-7-9-19(10-8-18)33-25(36)34-22-6-4-3-5-21(22)26(27,28)29/h3-15H,1-2H3,(H2,33,34,36)(H2,30,31,32,35). The summed E-state index contributed by atoms with van der Waals surface area (Å²) in [6, 6.07) is 19.7. The molecule has 37 heavy (non-hydrogen) atoms. The molecule has 0 bridgehead atoms. The Labute approximate surface area is 210 Å². The monoisotopic (exact) mass is 508 g/mol. The molecule has 190 valence electrons. The Morgan fingerprint density at radius 1 is 0.811 bits per heavy atom. The number of amides is 2. The van der Waals surface area contributed by atoms with Crippen LogP contribution >= 0.6 is 0 Å². The summed E-state index contributed by atoms with van der Waals surface area (Å²) in [5.41, 5.74) is 1.35. The van der Waals surface area contributed by atoms with E-state index in [9.17, 15) is 18.0 Å². The first-order chi connectivity index (χ1) is 17.7. The summed E-state index contributed by atoms with van der Waals surface area (Å²) >= 11 is 0. The number of alkyl halides is 3. The molecule has 0 spiro atoms. The fraction of sp³-hybridized carbons (Fsp3) is 0.115. The zero-order valence-corrected chi connectivity index (χ0v) is 19.9. The van der Waals surface area contributed by atoms with Gasteiger partial charge >= 0.3 is 12.2 Å². The van der Waals surface area contributed by atoms with Crippen molar-refractivity contribution in [3.63, 3.8) is 0 Å². The fourth-order valence-corrected chi connectivity index (χ4v) is 3.40. The second-order valence-electron chi connectivity index (χ2n) is 7.90. The Morgan fingerprint density at radius 3 is 2.11 bits per heavy atom. The van der Waals surface area contributed by atoms with E-state index in [1.807, 2.05) is 31.2 Å². The van der Waals surface area contributed by atoms with Crippen LogP contribution < -0.4 is 26.0 Å². The lowest BCUT2D eigenvalue weighted by Crippen LogP contribution is -2.21. The number of benzene rings is 3. The van der Waals surface area contributed by atoms with Crippen LogP contribution in [-0.2, 0) is 6.18 Å². The van der Waals surface area contributed by atoms with E-state index in [0.29, 0.717) is 23.1 Å². The van der Waals surface area contributed by atoms with Crippen molar-refractivity contribution >= 4 is 40.5 Å². The van der Waals surface area contributed by atoms with Crippen LogP contribution in [0.15, 0.2) is 78.9 Å². The molecule has 0 radical (unpaired) electrons. The molecule has 0 aliphatic heterocycles. The summed E-state index contributed by atoms with van der Waals surface area (Å²) in [5, 5.41) is 11.1. The lowest BCUT2D eigenvalue weighted by molar-refractivity contribution is -0.136. The first-order valence-corrected chi connectivity index (χ1v) is 11.1. The molecule has 4 aromatic rings. The van der Waals surface area contributed by atoms with E-state index in [4.69, 9.17) is 4.74 Å².